The van der Waals surface area contributed by atoms with E-state index in [1.165, 1.54) is 0 Å². The monoisotopic (exact) mass is 311 g/mol. The van der Waals surface area contributed by atoms with Crippen LogP contribution in [0, 0.1) is 0 Å². The summed E-state index contributed by atoms with van der Waals surface area (Å²) in [5.74, 6) is 0.580. The molecule has 5 heteroatoms. The molecular formula is C15H19Cl2N3. The highest BCUT2D eigenvalue weighted by atomic mass is 35.5. The van der Waals surface area contributed by atoms with Crippen molar-refractivity contribution in [2.75, 3.05) is 5.73 Å². The quantitative estimate of drug-likeness (QED) is 0.895. The zero-order chi connectivity index (χ0) is 15.1. The van der Waals surface area contributed by atoms with Gasteiger partial charge >= 0.3 is 0 Å². The summed E-state index contributed by atoms with van der Waals surface area (Å²) in [6.07, 6.45) is 0.943. The number of aromatic nitrogens is 2. The molecule has 0 radical (unpaired) electrons. The van der Waals surface area contributed by atoms with Gasteiger partial charge in [-0.05, 0) is 18.6 Å². The maximum Gasteiger partial charge on any atom is 0.129 e. The second-order valence-electron chi connectivity index (χ2n) is 5.57. The smallest absolute Gasteiger partial charge is 0.129 e. The Bertz CT molecular complexity index is 625. The summed E-state index contributed by atoms with van der Waals surface area (Å²) in [5, 5.41) is 5.76. The standard InChI is InChI=1S/C15H19Cl2N3/c1-5-15(2,3)13-12(14(18)20(4)19-13)11-9(16)7-6-8-10(11)17/h6-8H,5,18H2,1-4H3. The van der Waals surface area contributed by atoms with Gasteiger partial charge in [0.1, 0.15) is 5.82 Å². The summed E-state index contributed by atoms with van der Waals surface area (Å²) in [7, 11) is 1.83. The van der Waals surface area contributed by atoms with E-state index in [9.17, 15) is 0 Å². The minimum Gasteiger partial charge on any atom is -0.383 e. The lowest BCUT2D eigenvalue weighted by Gasteiger charge is -2.22. The van der Waals surface area contributed by atoms with E-state index < -0.39 is 0 Å². The number of halogens is 2. The Morgan fingerprint density at radius 2 is 1.75 bits per heavy atom. The number of nitrogens with zero attached hydrogens (tertiary/aromatic N) is 2. The van der Waals surface area contributed by atoms with Gasteiger partial charge in [0.15, 0.2) is 0 Å². The van der Waals surface area contributed by atoms with Crippen molar-refractivity contribution in [3.63, 3.8) is 0 Å². The van der Waals surface area contributed by atoms with Crippen LogP contribution in [0.15, 0.2) is 18.2 Å². The lowest BCUT2D eigenvalue weighted by Crippen LogP contribution is -2.17. The molecule has 0 aliphatic carbocycles. The summed E-state index contributed by atoms with van der Waals surface area (Å²) >= 11 is 12.7. The average Bonchev–Trinajstić information content (AvgIpc) is 2.68. The molecule has 0 spiro atoms. The molecule has 2 N–H and O–H groups in total. The fourth-order valence-electron chi connectivity index (χ4n) is 2.16. The van der Waals surface area contributed by atoms with Crippen LogP contribution >= 0.6 is 23.2 Å². The van der Waals surface area contributed by atoms with Crippen LogP contribution in [0.4, 0.5) is 5.82 Å². The van der Waals surface area contributed by atoms with Crippen molar-refractivity contribution in [3.05, 3.63) is 33.9 Å². The fourth-order valence-corrected chi connectivity index (χ4v) is 2.75. The first-order valence-corrected chi connectivity index (χ1v) is 7.32. The molecule has 0 saturated carbocycles. The van der Waals surface area contributed by atoms with E-state index in [2.05, 4.69) is 25.9 Å². The van der Waals surface area contributed by atoms with Gasteiger partial charge in [-0.1, -0.05) is 50.0 Å². The number of nitrogens with two attached hydrogens (primary N) is 1. The molecule has 3 nitrogen and oxygen atoms in total. The Balaban J connectivity index is 2.81. The molecule has 2 rings (SSSR count). The molecule has 108 valence electrons. The third kappa shape index (κ3) is 2.40. The van der Waals surface area contributed by atoms with Crippen LogP contribution in [0.1, 0.15) is 32.9 Å². The van der Waals surface area contributed by atoms with Crippen LogP contribution in [0.3, 0.4) is 0 Å². The highest BCUT2D eigenvalue weighted by Crippen LogP contribution is 2.43. The largest absolute Gasteiger partial charge is 0.383 e. The van der Waals surface area contributed by atoms with Crippen molar-refractivity contribution >= 4 is 29.0 Å². The number of hydrogen-bond donors (Lipinski definition) is 1. The molecular weight excluding hydrogens is 293 g/mol. The average molecular weight is 312 g/mol. The van der Waals surface area contributed by atoms with Gasteiger partial charge in [-0.3, -0.25) is 4.68 Å². The van der Waals surface area contributed by atoms with Crippen LogP contribution in [0.2, 0.25) is 10.0 Å². The Labute approximate surface area is 129 Å². The maximum absolute atomic E-state index is 6.33. The molecule has 0 saturated heterocycles. The zero-order valence-electron chi connectivity index (χ0n) is 12.2. The van der Waals surface area contributed by atoms with Gasteiger partial charge in [0.25, 0.3) is 0 Å². The number of hydrogen-bond acceptors (Lipinski definition) is 2. The lowest BCUT2D eigenvalue weighted by atomic mass is 9.83. The van der Waals surface area contributed by atoms with Crippen LogP contribution < -0.4 is 5.73 Å². The van der Waals surface area contributed by atoms with Crippen molar-refractivity contribution in [3.8, 4) is 11.1 Å². The number of anilines is 1. The van der Waals surface area contributed by atoms with E-state index in [0.29, 0.717) is 15.9 Å². The Hall–Kier alpha value is -1.19. The molecule has 0 aliphatic heterocycles. The fraction of sp³-hybridized carbons (Fsp3) is 0.400. The molecule has 20 heavy (non-hydrogen) atoms. The molecule has 1 aromatic carbocycles. The number of nitrogen functional groups attached to an aromatic ring is 1. The van der Waals surface area contributed by atoms with E-state index in [1.807, 2.05) is 25.2 Å². The van der Waals surface area contributed by atoms with Crippen LogP contribution in [-0.4, -0.2) is 9.78 Å². The molecule has 0 amide bonds. The molecule has 2 aromatic rings. The molecule has 0 fully saturated rings. The zero-order valence-corrected chi connectivity index (χ0v) is 13.7. The second-order valence-corrected chi connectivity index (χ2v) is 6.38. The first-order valence-electron chi connectivity index (χ1n) is 6.57. The topological polar surface area (TPSA) is 43.8 Å². The van der Waals surface area contributed by atoms with Crippen molar-refractivity contribution in [1.29, 1.82) is 0 Å². The Morgan fingerprint density at radius 3 is 2.25 bits per heavy atom. The second kappa shape index (κ2) is 5.30. The van der Waals surface area contributed by atoms with Gasteiger partial charge in [-0.2, -0.15) is 5.10 Å². The molecule has 0 bridgehead atoms. The SMILES string of the molecule is CCC(C)(C)c1nn(C)c(N)c1-c1c(Cl)cccc1Cl. The number of rotatable bonds is 3. The van der Waals surface area contributed by atoms with Crippen molar-refractivity contribution in [2.45, 2.75) is 32.6 Å². The maximum atomic E-state index is 6.33. The molecule has 1 heterocycles. The minimum absolute atomic E-state index is 0.104. The summed E-state index contributed by atoms with van der Waals surface area (Å²) in [4.78, 5) is 0. The van der Waals surface area contributed by atoms with Gasteiger partial charge in [0.05, 0.1) is 21.3 Å². The van der Waals surface area contributed by atoms with Crippen molar-refractivity contribution in [2.24, 2.45) is 7.05 Å². The highest BCUT2D eigenvalue weighted by Gasteiger charge is 2.30. The van der Waals surface area contributed by atoms with E-state index in [4.69, 9.17) is 28.9 Å². The van der Waals surface area contributed by atoms with Crippen molar-refractivity contribution < 1.29 is 0 Å². The normalized spacial score (nSPS) is 11.9. The third-order valence-corrected chi connectivity index (χ3v) is 4.46. The van der Waals surface area contributed by atoms with Gasteiger partial charge < -0.3 is 5.73 Å². The molecule has 0 aliphatic rings. The van der Waals surface area contributed by atoms with Gasteiger partial charge in [-0.15, -0.1) is 0 Å². The van der Waals surface area contributed by atoms with Gasteiger partial charge in [0.2, 0.25) is 0 Å². The van der Waals surface area contributed by atoms with Gasteiger partial charge in [-0.25, -0.2) is 0 Å². The summed E-state index contributed by atoms with van der Waals surface area (Å²) in [5.41, 5.74) is 8.63. The Morgan fingerprint density at radius 1 is 1.20 bits per heavy atom. The van der Waals surface area contributed by atoms with Crippen LogP contribution in [0.25, 0.3) is 11.1 Å². The first kappa shape index (κ1) is 15.2. The highest BCUT2D eigenvalue weighted by molar-refractivity contribution is 6.39. The number of benzene rings is 1. The molecule has 0 unspecified atom stereocenters. The molecule has 0 atom stereocenters. The molecule has 1 aromatic heterocycles. The summed E-state index contributed by atoms with van der Waals surface area (Å²) in [6.45, 7) is 6.41. The minimum atomic E-state index is -0.104. The summed E-state index contributed by atoms with van der Waals surface area (Å²) < 4.78 is 1.68. The number of aryl methyl sites for hydroxylation is 1. The lowest BCUT2D eigenvalue weighted by molar-refractivity contribution is 0.483. The van der Waals surface area contributed by atoms with E-state index in [0.717, 1.165) is 23.2 Å². The van der Waals surface area contributed by atoms with Crippen LogP contribution in [0.5, 0.6) is 0 Å². The predicted molar refractivity (Wildman–Crippen MR) is 86.4 cm³/mol. The predicted octanol–water partition coefficient (Wildman–Crippen LogP) is 4.66. The first-order chi connectivity index (χ1) is 9.29. The van der Waals surface area contributed by atoms with Crippen LogP contribution in [-0.2, 0) is 12.5 Å². The van der Waals surface area contributed by atoms with Gasteiger partial charge in [0, 0.05) is 18.0 Å². The van der Waals surface area contributed by atoms with Crippen molar-refractivity contribution in [1.82, 2.24) is 9.78 Å². The Kier molecular flexibility index (Phi) is 4.03. The summed E-state index contributed by atoms with van der Waals surface area (Å²) in [6, 6.07) is 5.46. The van der Waals surface area contributed by atoms with E-state index in [-0.39, 0.29) is 5.41 Å². The third-order valence-electron chi connectivity index (χ3n) is 3.83. The van der Waals surface area contributed by atoms with E-state index in [1.54, 1.807) is 4.68 Å². The van der Waals surface area contributed by atoms with E-state index >= 15 is 0 Å².